The summed E-state index contributed by atoms with van der Waals surface area (Å²) in [4.78, 5) is 15.4. The van der Waals surface area contributed by atoms with Gasteiger partial charge in [-0.25, -0.2) is 4.79 Å². The van der Waals surface area contributed by atoms with Gasteiger partial charge in [0, 0.05) is 5.92 Å². The van der Waals surface area contributed by atoms with E-state index in [9.17, 15) is 9.90 Å². The molecule has 0 fully saturated rings. The normalized spacial score (nSPS) is 10.7. The second-order valence-electron chi connectivity index (χ2n) is 4.66. The van der Waals surface area contributed by atoms with E-state index in [2.05, 4.69) is 10.1 Å². The minimum absolute atomic E-state index is 0.0157. The molecule has 1 N–H and O–H groups in total. The van der Waals surface area contributed by atoms with E-state index in [4.69, 9.17) is 14.0 Å². The molecule has 0 unspecified atom stereocenters. The number of hydrogen-bond acceptors (Lipinski definition) is 6. The number of aromatic carboxylic acids is 1. The lowest BCUT2D eigenvalue weighted by molar-refractivity contribution is 0.0691. The molecule has 0 bridgehead atoms. The average Bonchev–Trinajstić information content (AvgIpc) is 2.94. The van der Waals surface area contributed by atoms with Gasteiger partial charge in [0.15, 0.2) is 6.61 Å². The number of rotatable bonds is 6. The first-order chi connectivity index (χ1) is 10.0. The van der Waals surface area contributed by atoms with Gasteiger partial charge < -0.3 is 19.1 Å². The fourth-order valence-electron chi connectivity index (χ4n) is 1.63. The van der Waals surface area contributed by atoms with E-state index in [-0.39, 0.29) is 23.8 Å². The zero-order valence-corrected chi connectivity index (χ0v) is 12.0. The lowest BCUT2D eigenvalue weighted by Crippen LogP contribution is -2.05. The van der Waals surface area contributed by atoms with E-state index in [0.29, 0.717) is 17.5 Å². The zero-order valence-electron chi connectivity index (χ0n) is 12.0. The van der Waals surface area contributed by atoms with Crippen molar-refractivity contribution in [3.05, 3.63) is 35.5 Å². The Kier molecular flexibility index (Phi) is 4.42. The van der Waals surface area contributed by atoms with E-state index < -0.39 is 5.97 Å². The molecule has 2 aromatic rings. The van der Waals surface area contributed by atoms with Gasteiger partial charge in [-0.05, 0) is 18.2 Å². The Labute approximate surface area is 121 Å². The molecule has 21 heavy (non-hydrogen) atoms. The highest BCUT2D eigenvalue weighted by molar-refractivity contribution is 5.91. The average molecular weight is 292 g/mol. The SMILES string of the molecule is COc1ccc(OCc2noc(C(C)C)n2)c(C(=O)O)c1. The number of hydrogen-bond donors (Lipinski definition) is 1. The summed E-state index contributed by atoms with van der Waals surface area (Å²) >= 11 is 0. The summed E-state index contributed by atoms with van der Waals surface area (Å²) in [6.07, 6.45) is 0. The smallest absolute Gasteiger partial charge is 0.339 e. The standard InChI is InChI=1S/C14H16N2O5/c1-8(2)13-15-12(16-21-13)7-20-11-5-4-9(19-3)6-10(11)14(17)18/h4-6,8H,7H2,1-3H3,(H,17,18). The largest absolute Gasteiger partial charge is 0.497 e. The number of aromatic nitrogens is 2. The van der Waals surface area contributed by atoms with E-state index in [0.717, 1.165) is 0 Å². The van der Waals surface area contributed by atoms with Crippen LogP contribution in [-0.2, 0) is 6.61 Å². The maximum absolute atomic E-state index is 11.2. The van der Waals surface area contributed by atoms with Crippen LogP contribution in [0.1, 0.15) is 41.8 Å². The van der Waals surface area contributed by atoms with Crippen molar-refractivity contribution >= 4 is 5.97 Å². The van der Waals surface area contributed by atoms with Gasteiger partial charge in [0.25, 0.3) is 0 Å². The Hall–Kier alpha value is -2.57. The Morgan fingerprint density at radius 1 is 1.43 bits per heavy atom. The van der Waals surface area contributed by atoms with Crippen LogP contribution >= 0.6 is 0 Å². The van der Waals surface area contributed by atoms with Gasteiger partial charge in [-0.3, -0.25) is 0 Å². The molecule has 7 nitrogen and oxygen atoms in total. The molecule has 0 aliphatic rings. The van der Waals surface area contributed by atoms with Gasteiger partial charge in [0.2, 0.25) is 11.7 Å². The van der Waals surface area contributed by atoms with Crippen molar-refractivity contribution in [3.8, 4) is 11.5 Å². The molecule has 1 aromatic carbocycles. The molecular weight excluding hydrogens is 276 g/mol. The van der Waals surface area contributed by atoms with Crippen LogP contribution in [0.4, 0.5) is 0 Å². The van der Waals surface area contributed by atoms with Crippen molar-refractivity contribution in [3.63, 3.8) is 0 Å². The fraction of sp³-hybridized carbons (Fsp3) is 0.357. The Morgan fingerprint density at radius 3 is 2.76 bits per heavy atom. The summed E-state index contributed by atoms with van der Waals surface area (Å²) in [5.74, 6) is 0.579. The molecule has 2 rings (SSSR count). The van der Waals surface area contributed by atoms with Crippen LogP contribution in [0.5, 0.6) is 11.5 Å². The highest BCUT2D eigenvalue weighted by atomic mass is 16.5. The number of carboxylic acids is 1. The predicted molar refractivity (Wildman–Crippen MR) is 72.7 cm³/mol. The number of ether oxygens (including phenoxy) is 2. The third-order valence-electron chi connectivity index (χ3n) is 2.75. The number of nitrogens with zero attached hydrogens (tertiary/aromatic N) is 2. The van der Waals surface area contributed by atoms with Gasteiger partial charge in [-0.1, -0.05) is 19.0 Å². The molecule has 0 radical (unpaired) electrons. The molecule has 112 valence electrons. The van der Waals surface area contributed by atoms with Crippen molar-refractivity contribution < 1.29 is 23.9 Å². The predicted octanol–water partition coefficient (Wildman–Crippen LogP) is 2.48. The molecule has 0 amide bonds. The number of carbonyl (C=O) groups is 1. The van der Waals surface area contributed by atoms with Gasteiger partial charge in [-0.2, -0.15) is 4.98 Å². The number of methoxy groups -OCH3 is 1. The lowest BCUT2D eigenvalue weighted by atomic mass is 10.2. The lowest BCUT2D eigenvalue weighted by Gasteiger charge is -2.08. The minimum Gasteiger partial charge on any atom is -0.497 e. The summed E-state index contributed by atoms with van der Waals surface area (Å²) in [6.45, 7) is 3.90. The Morgan fingerprint density at radius 2 is 2.19 bits per heavy atom. The molecule has 0 aliphatic heterocycles. The molecule has 0 atom stereocenters. The second-order valence-corrected chi connectivity index (χ2v) is 4.66. The topological polar surface area (TPSA) is 94.7 Å². The van der Waals surface area contributed by atoms with Gasteiger partial charge >= 0.3 is 5.97 Å². The van der Waals surface area contributed by atoms with Crippen LogP contribution in [0.25, 0.3) is 0 Å². The first kappa shape index (κ1) is 14.8. The first-order valence-corrected chi connectivity index (χ1v) is 6.38. The quantitative estimate of drug-likeness (QED) is 0.873. The van der Waals surface area contributed by atoms with Crippen molar-refractivity contribution in [2.75, 3.05) is 7.11 Å². The Bertz CT molecular complexity index is 636. The van der Waals surface area contributed by atoms with Gasteiger partial charge in [-0.15, -0.1) is 0 Å². The number of carboxylic acid groups (broad SMARTS) is 1. The number of benzene rings is 1. The summed E-state index contributed by atoms with van der Waals surface area (Å²) in [5.41, 5.74) is 0.0157. The van der Waals surface area contributed by atoms with Crippen LogP contribution in [0.15, 0.2) is 22.7 Å². The zero-order chi connectivity index (χ0) is 15.4. The molecule has 0 aliphatic carbocycles. The van der Waals surface area contributed by atoms with Crippen LogP contribution in [0, 0.1) is 0 Å². The second kappa shape index (κ2) is 6.25. The summed E-state index contributed by atoms with van der Waals surface area (Å²) in [5, 5.41) is 13.0. The highest BCUT2D eigenvalue weighted by Gasteiger charge is 2.15. The van der Waals surface area contributed by atoms with Crippen LogP contribution in [0.3, 0.4) is 0 Å². The van der Waals surface area contributed by atoms with Crippen molar-refractivity contribution in [1.82, 2.24) is 10.1 Å². The van der Waals surface area contributed by atoms with Crippen LogP contribution < -0.4 is 9.47 Å². The summed E-state index contributed by atoms with van der Waals surface area (Å²) < 4.78 is 15.5. The molecule has 0 saturated heterocycles. The van der Waals surface area contributed by atoms with E-state index in [1.165, 1.54) is 19.2 Å². The maximum atomic E-state index is 11.2. The fourth-order valence-corrected chi connectivity index (χ4v) is 1.63. The van der Waals surface area contributed by atoms with E-state index >= 15 is 0 Å². The molecule has 1 aromatic heterocycles. The third kappa shape index (κ3) is 3.50. The summed E-state index contributed by atoms with van der Waals surface area (Å²) in [7, 11) is 1.47. The van der Waals surface area contributed by atoms with Crippen molar-refractivity contribution in [2.24, 2.45) is 0 Å². The molecule has 1 heterocycles. The maximum Gasteiger partial charge on any atom is 0.339 e. The molecular formula is C14H16N2O5. The highest BCUT2D eigenvalue weighted by Crippen LogP contribution is 2.25. The molecule has 0 saturated carbocycles. The Balaban J connectivity index is 2.13. The minimum atomic E-state index is -1.10. The van der Waals surface area contributed by atoms with Gasteiger partial charge in [0.05, 0.1) is 7.11 Å². The van der Waals surface area contributed by atoms with Crippen LogP contribution in [0.2, 0.25) is 0 Å². The molecule has 0 spiro atoms. The van der Waals surface area contributed by atoms with E-state index in [1.807, 2.05) is 13.8 Å². The van der Waals surface area contributed by atoms with Crippen LogP contribution in [-0.4, -0.2) is 28.3 Å². The molecule has 7 heteroatoms. The van der Waals surface area contributed by atoms with E-state index in [1.54, 1.807) is 6.07 Å². The van der Waals surface area contributed by atoms with Crippen molar-refractivity contribution in [2.45, 2.75) is 26.4 Å². The van der Waals surface area contributed by atoms with Gasteiger partial charge in [0.1, 0.15) is 17.1 Å². The summed E-state index contributed by atoms with van der Waals surface area (Å²) in [6, 6.07) is 4.55. The van der Waals surface area contributed by atoms with Crippen molar-refractivity contribution in [1.29, 1.82) is 0 Å². The first-order valence-electron chi connectivity index (χ1n) is 6.38. The monoisotopic (exact) mass is 292 g/mol. The third-order valence-corrected chi connectivity index (χ3v) is 2.75.